The van der Waals surface area contributed by atoms with Crippen LogP contribution in [0.15, 0.2) is 60.8 Å². The van der Waals surface area contributed by atoms with Crippen molar-refractivity contribution >= 4 is 22.7 Å². The van der Waals surface area contributed by atoms with E-state index >= 15 is 0 Å². The van der Waals surface area contributed by atoms with Gasteiger partial charge in [0, 0.05) is 43.3 Å². The molecule has 0 atom stereocenters. The molecule has 0 radical (unpaired) electrons. The Kier molecular flexibility index (Phi) is 4.38. The number of carbonyl (C=O) groups excluding carboxylic acids is 2. The number of aromatic amines is 1. The van der Waals surface area contributed by atoms with Crippen molar-refractivity contribution in [1.29, 1.82) is 0 Å². The van der Waals surface area contributed by atoms with Gasteiger partial charge in [-0.25, -0.2) is 0 Å². The van der Waals surface area contributed by atoms with E-state index in [0.29, 0.717) is 19.6 Å². The van der Waals surface area contributed by atoms with Crippen LogP contribution in [0.5, 0.6) is 0 Å². The number of para-hydroxylation sites is 1. The highest BCUT2D eigenvalue weighted by Crippen LogP contribution is 2.42. The van der Waals surface area contributed by atoms with Gasteiger partial charge in [0.1, 0.15) is 0 Å². The van der Waals surface area contributed by atoms with E-state index in [1.807, 2.05) is 52.3 Å². The molecule has 0 bridgehead atoms. The minimum Gasteiger partial charge on any atom is -0.360 e. The quantitative estimate of drug-likeness (QED) is 0.743. The Morgan fingerprint density at radius 2 is 1.62 bits per heavy atom. The average molecular weight is 387 g/mol. The van der Waals surface area contributed by atoms with E-state index in [4.69, 9.17) is 0 Å². The molecule has 2 aliphatic heterocycles. The number of fused-ring (bicyclic) bond motifs is 1. The molecule has 1 spiro atoms. The maximum absolute atomic E-state index is 13.2. The summed E-state index contributed by atoms with van der Waals surface area (Å²) >= 11 is 0. The van der Waals surface area contributed by atoms with Gasteiger partial charge < -0.3 is 14.8 Å². The standard InChI is InChI=1S/C24H25N3O2/c28-22(20-16-25-21-9-5-4-8-19(20)21)26-13-10-24(11-14-26)12-15-27(23(24)29)17-18-6-2-1-3-7-18/h1-9,16,25H,10-15,17H2. The number of amides is 2. The van der Waals surface area contributed by atoms with Gasteiger partial charge in [-0.1, -0.05) is 48.5 Å². The first-order chi connectivity index (χ1) is 14.2. The molecule has 3 aromatic rings. The van der Waals surface area contributed by atoms with Gasteiger partial charge in [0.05, 0.1) is 11.0 Å². The number of nitrogens with one attached hydrogen (secondary N) is 1. The molecule has 2 aromatic carbocycles. The molecule has 1 N–H and O–H groups in total. The normalized spacial score (nSPS) is 18.7. The minimum atomic E-state index is -0.286. The summed E-state index contributed by atoms with van der Waals surface area (Å²) in [6.45, 7) is 2.77. The number of nitrogens with zero attached hydrogens (tertiary/aromatic N) is 2. The van der Waals surface area contributed by atoms with Crippen molar-refractivity contribution < 1.29 is 9.59 Å². The average Bonchev–Trinajstić information content (AvgIpc) is 3.32. The second-order valence-corrected chi connectivity index (χ2v) is 8.28. The van der Waals surface area contributed by atoms with Crippen molar-refractivity contribution in [3.63, 3.8) is 0 Å². The van der Waals surface area contributed by atoms with Crippen LogP contribution in [-0.2, 0) is 11.3 Å². The number of hydrogen-bond acceptors (Lipinski definition) is 2. The lowest BCUT2D eigenvalue weighted by molar-refractivity contribution is -0.138. The van der Waals surface area contributed by atoms with Gasteiger partial charge >= 0.3 is 0 Å². The Balaban J connectivity index is 1.26. The number of benzene rings is 2. The molecule has 5 heteroatoms. The summed E-state index contributed by atoms with van der Waals surface area (Å²) in [5.74, 6) is 0.324. The Hall–Kier alpha value is -3.08. The second kappa shape index (κ2) is 7.07. The lowest BCUT2D eigenvalue weighted by atomic mass is 9.77. The minimum absolute atomic E-state index is 0.0592. The molecule has 29 heavy (non-hydrogen) atoms. The van der Waals surface area contributed by atoms with E-state index in [9.17, 15) is 9.59 Å². The molecule has 1 aromatic heterocycles. The number of hydrogen-bond donors (Lipinski definition) is 1. The number of carbonyl (C=O) groups is 2. The molecule has 2 fully saturated rings. The Bertz CT molecular complexity index is 1050. The molecule has 2 aliphatic rings. The molecule has 3 heterocycles. The van der Waals surface area contributed by atoms with Crippen molar-refractivity contribution in [2.24, 2.45) is 5.41 Å². The zero-order valence-corrected chi connectivity index (χ0v) is 16.4. The third kappa shape index (κ3) is 3.11. The summed E-state index contributed by atoms with van der Waals surface area (Å²) in [7, 11) is 0. The van der Waals surface area contributed by atoms with E-state index in [-0.39, 0.29) is 17.2 Å². The molecule has 0 saturated carbocycles. The summed E-state index contributed by atoms with van der Waals surface area (Å²) in [4.78, 5) is 33.3. The lowest BCUT2D eigenvalue weighted by Gasteiger charge is -2.38. The van der Waals surface area contributed by atoms with Gasteiger partial charge in [0.2, 0.25) is 5.91 Å². The van der Waals surface area contributed by atoms with Crippen molar-refractivity contribution in [1.82, 2.24) is 14.8 Å². The smallest absolute Gasteiger partial charge is 0.256 e. The fourth-order valence-corrected chi connectivity index (χ4v) is 4.87. The Morgan fingerprint density at radius 1 is 0.931 bits per heavy atom. The van der Waals surface area contributed by atoms with Crippen molar-refractivity contribution in [3.8, 4) is 0 Å². The Morgan fingerprint density at radius 3 is 2.41 bits per heavy atom. The van der Waals surface area contributed by atoms with E-state index < -0.39 is 0 Å². The van der Waals surface area contributed by atoms with Crippen LogP contribution in [0, 0.1) is 5.41 Å². The first kappa shape index (κ1) is 18.0. The van der Waals surface area contributed by atoms with Gasteiger partial charge in [0.25, 0.3) is 5.91 Å². The zero-order chi connectivity index (χ0) is 19.8. The summed E-state index contributed by atoms with van der Waals surface area (Å²) in [6.07, 6.45) is 4.21. The molecule has 0 unspecified atom stereocenters. The number of rotatable bonds is 3. The summed E-state index contributed by atoms with van der Waals surface area (Å²) in [5, 5.41) is 0.962. The monoisotopic (exact) mass is 387 g/mol. The summed E-state index contributed by atoms with van der Waals surface area (Å²) in [6, 6.07) is 18.0. The Labute approximate surface area is 170 Å². The number of likely N-dealkylation sites (tertiary alicyclic amines) is 2. The highest BCUT2D eigenvalue weighted by Gasteiger charge is 2.48. The van der Waals surface area contributed by atoms with Gasteiger partial charge in [-0.15, -0.1) is 0 Å². The highest BCUT2D eigenvalue weighted by molar-refractivity contribution is 6.06. The topological polar surface area (TPSA) is 56.4 Å². The van der Waals surface area contributed by atoms with Crippen LogP contribution in [0.4, 0.5) is 0 Å². The maximum atomic E-state index is 13.2. The number of piperidine rings is 1. The van der Waals surface area contributed by atoms with E-state index in [0.717, 1.165) is 42.3 Å². The van der Waals surface area contributed by atoms with Crippen molar-refractivity contribution in [3.05, 3.63) is 71.9 Å². The zero-order valence-electron chi connectivity index (χ0n) is 16.4. The molecular weight excluding hydrogens is 362 g/mol. The molecule has 2 amide bonds. The first-order valence-corrected chi connectivity index (χ1v) is 10.3. The van der Waals surface area contributed by atoms with E-state index in [1.54, 1.807) is 6.20 Å². The predicted octanol–water partition coefficient (Wildman–Crippen LogP) is 3.82. The SMILES string of the molecule is O=C(c1c[nH]c2ccccc12)N1CCC2(CC1)CCN(Cc1ccccc1)C2=O. The van der Waals surface area contributed by atoms with Crippen LogP contribution in [0.25, 0.3) is 10.9 Å². The van der Waals surface area contributed by atoms with Gasteiger partial charge in [-0.3, -0.25) is 9.59 Å². The number of H-pyrrole nitrogens is 1. The molecule has 148 valence electrons. The molecular formula is C24H25N3O2. The van der Waals surface area contributed by atoms with Gasteiger partial charge in [-0.05, 0) is 30.9 Å². The van der Waals surface area contributed by atoms with Gasteiger partial charge in [-0.2, -0.15) is 0 Å². The largest absolute Gasteiger partial charge is 0.360 e. The second-order valence-electron chi connectivity index (χ2n) is 8.28. The summed E-state index contributed by atoms with van der Waals surface area (Å²) in [5.41, 5.74) is 2.59. The first-order valence-electron chi connectivity index (χ1n) is 10.3. The molecule has 5 rings (SSSR count). The molecule has 2 saturated heterocycles. The van der Waals surface area contributed by atoms with Crippen LogP contribution >= 0.6 is 0 Å². The fourth-order valence-electron chi connectivity index (χ4n) is 4.87. The number of aromatic nitrogens is 1. The van der Waals surface area contributed by atoms with Crippen LogP contribution in [0.1, 0.15) is 35.2 Å². The van der Waals surface area contributed by atoms with E-state index in [1.165, 1.54) is 5.56 Å². The van der Waals surface area contributed by atoms with Crippen molar-refractivity contribution in [2.75, 3.05) is 19.6 Å². The van der Waals surface area contributed by atoms with Crippen LogP contribution in [0.3, 0.4) is 0 Å². The highest BCUT2D eigenvalue weighted by atomic mass is 16.2. The fraction of sp³-hybridized carbons (Fsp3) is 0.333. The summed E-state index contributed by atoms with van der Waals surface area (Å²) < 4.78 is 0. The third-order valence-electron chi connectivity index (χ3n) is 6.64. The van der Waals surface area contributed by atoms with Crippen LogP contribution in [-0.4, -0.2) is 46.2 Å². The molecule has 0 aliphatic carbocycles. The van der Waals surface area contributed by atoms with Crippen molar-refractivity contribution in [2.45, 2.75) is 25.8 Å². The van der Waals surface area contributed by atoms with Gasteiger partial charge in [0.15, 0.2) is 0 Å². The third-order valence-corrected chi connectivity index (χ3v) is 6.64. The molecule has 5 nitrogen and oxygen atoms in total. The van der Waals surface area contributed by atoms with E-state index in [2.05, 4.69) is 17.1 Å². The van der Waals surface area contributed by atoms with Crippen LogP contribution < -0.4 is 0 Å². The van der Waals surface area contributed by atoms with Crippen LogP contribution in [0.2, 0.25) is 0 Å². The predicted molar refractivity (Wildman–Crippen MR) is 112 cm³/mol. The lowest BCUT2D eigenvalue weighted by Crippen LogP contribution is -2.46. The maximum Gasteiger partial charge on any atom is 0.256 e.